The molecular formula is C21H21BrN4O2. The normalized spacial score (nSPS) is 16.7. The Hall–Kier alpha value is -2.67. The molecule has 28 heavy (non-hydrogen) atoms. The fourth-order valence-corrected chi connectivity index (χ4v) is 3.75. The Morgan fingerprint density at radius 2 is 2.00 bits per heavy atom. The maximum atomic E-state index is 12.5. The van der Waals surface area contributed by atoms with E-state index in [0.29, 0.717) is 13.1 Å². The number of aromatic nitrogens is 2. The van der Waals surface area contributed by atoms with E-state index in [4.69, 9.17) is 0 Å². The summed E-state index contributed by atoms with van der Waals surface area (Å²) in [5.74, 6) is 0.553. The number of carbonyl (C=O) groups excluding carboxylic acids is 2. The summed E-state index contributed by atoms with van der Waals surface area (Å²) in [5.41, 5.74) is 2.81. The van der Waals surface area contributed by atoms with Gasteiger partial charge < -0.3 is 15.2 Å². The molecule has 0 saturated carbocycles. The minimum absolute atomic E-state index is 0.00949. The predicted molar refractivity (Wildman–Crippen MR) is 112 cm³/mol. The van der Waals surface area contributed by atoms with Crippen molar-refractivity contribution in [2.45, 2.75) is 19.3 Å². The van der Waals surface area contributed by atoms with Gasteiger partial charge in [0.2, 0.25) is 11.8 Å². The molecule has 4 rings (SSSR count). The summed E-state index contributed by atoms with van der Waals surface area (Å²) in [5, 5.41) is 2.96. The molecule has 2 aromatic carbocycles. The van der Waals surface area contributed by atoms with Crippen LogP contribution in [0, 0.1) is 5.92 Å². The van der Waals surface area contributed by atoms with E-state index in [1.165, 1.54) is 0 Å². The Morgan fingerprint density at radius 3 is 2.79 bits per heavy atom. The standard InChI is InChI=1S/C21H21BrN4O2/c22-15-7-9-16(10-8-15)26-13-14(12-20(26)27)21(28)23-11-3-6-19-24-17-4-1-2-5-18(17)25-19/h1-2,4-5,7-10,14H,3,6,11-13H2,(H,23,28)(H,24,25)/t14-/m1/s1. The highest BCUT2D eigenvalue weighted by atomic mass is 79.9. The number of aryl methyl sites for hydroxylation is 1. The number of halogens is 1. The molecule has 1 fully saturated rings. The third-order valence-electron chi connectivity index (χ3n) is 4.96. The van der Waals surface area contributed by atoms with E-state index in [2.05, 4.69) is 31.2 Å². The van der Waals surface area contributed by atoms with Crippen LogP contribution < -0.4 is 10.2 Å². The largest absolute Gasteiger partial charge is 0.356 e. The second-order valence-corrected chi connectivity index (χ2v) is 7.89. The maximum Gasteiger partial charge on any atom is 0.227 e. The van der Waals surface area contributed by atoms with Gasteiger partial charge in [0.25, 0.3) is 0 Å². The van der Waals surface area contributed by atoms with Gasteiger partial charge in [0.15, 0.2) is 0 Å². The predicted octanol–water partition coefficient (Wildman–Crippen LogP) is 3.43. The maximum absolute atomic E-state index is 12.5. The average molecular weight is 441 g/mol. The number of benzene rings is 2. The first-order chi connectivity index (χ1) is 13.6. The van der Waals surface area contributed by atoms with Crippen LogP contribution in [-0.4, -0.2) is 34.9 Å². The lowest BCUT2D eigenvalue weighted by molar-refractivity contribution is -0.126. The lowest BCUT2D eigenvalue weighted by Crippen LogP contribution is -2.33. The van der Waals surface area contributed by atoms with Crippen molar-refractivity contribution in [2.24, 2.45) is 5.92 Å². The van der Waals surface area contributed by atoms with Crippen molar-refractivity contribution in [2.75, 3.05) is 18.0 Å². The number of fused-ring (bicyclic) bond motifs is 1. The van der Waals surface area contributed by atoms with Crippen LogP contribution in [0.4, 0.5) is 5.69 Å². The molecule has 2 N–H and O–H groups in total. The first-order valence-electron chi connectivity index (χ1n) is 9.37. The number of H-pyrrole nitrogens is 1. The molecule has 1 saturated heterocycles. The van der Waals surface area contributed by atoms with Gasteiger partial charge in [0.05, 0.1) is 17.0 Å². The number of nitrogens with zero attached hydrogens (tertiary/aromatic N) is 2. The van der Waals surface area contributed by atoms with Crippen LogP contribution in [0.1, 0.15) is 18.7 Å². The van der Waals surface area contributed by atoms with Gasteiger partial charge in [-0.2, -0.15) is 0 Å². The van der Waals surface area contributed by atoms with Crippen molar-refractivity contribution in [3.05, 3.63) is 58.8 Å². The monoisotopic (exact) mass is 440 g/mol. The summed E-state index contributed by atoms with van der Waals surface area (Å²) in [6.07, 6.45) is 1.82. The van der Waals surface area contributed by atoms with Crippen molar-refractivity contribution in [3.8, 4) is 0 Å². The van der Waals surface area contributed by atoms with E-state index >= 15 is 0 Å². The fourth-order valence-electron chi connectivity index (χ4n) is 3.49. The number of rotatable bonds is 6. The molecule has 144 valence electrons. The Balaban J connectivity index is 1.26. The molecule has 1 atom stereocenters. The van der Waals surface area contributed by atoms with E-state index < -0.39 is 0 Å². The summed E-state index contributed by atoms with van der Waals surface area (Å²) in [6.45, 7) is 0.995. The molecule has 1 aromatic heterocycles. The first-order valence-corrected chi connectivity index (χ1v) is 10.2. The van der Waals surface area contributed by atoms with Crippen molar-refractivity contribution >= 4 is 44.5 Å². The topological polar surface area (TPSA) is 78.1 Å². The van der Waals surface area contributed by atoms with Crippen molar-refractivity contribution in [3.63, 3.8) is 0 Å². The molecule has 7 heteroatoms. The summed E-state index contributed by atoms with van der Waals surface area (Å²) >= 11 is 3.39. The molecule has 0 spiro atoms. The molecular weight excluding hydrogens is 420 g/mol. The summed E-state index contributed by atoms with van der Waals surface area (Å²) in [7, 11) is 0. The van der Waals surface area contributed by atoms with Gasteiger partial charge >= 0.3 is 0 Å². The summed E-state index contributed by atoms with van der Waals surface area (Å²) in [4.78, 5) is 34.3. The second kappa shape index (κ2) is 8.14. The number of anilines is 1. The molecule has 1 aliphatic rings. The molecule has 3 aromatic rings. The highest BCUT2D eigenvalue weighted by Gasteiger charge is 2.34. The number of carbonyl (C=O) groups is 2. The zero-order chi connectivity index (χ0) is 19.5. The van der Waals surface area contributed by atoms with Crippen LogP contribution in [0.15, 0.2) is 53.0 Å². The lowest BCUT2D eigenvalue weighted by atomic mass is 10.1. The van der Waals surface area contributed by atoms with E-state index in [0.717, 1.165) is 39.9 Å². The number of imidazole rings is 1. The molecule has 0 aliphatic carbocycles. The van der Waals surface area contributed by atoms with Gasteiger partial charge in [-0.3, -0.25) is 9.59 Å². The van der Waals surface area contributed by atoms with E-state index in [9.17, 15) is 9.59 Å². The quantitative estimate of drug-likeness (QED) is 0.576. The van der Waals surface area contributed by atoms with E-state index in [1.54, 1.807) is 4.90 Å². The van der Waals surface area contributed by atoms with Gasteiger partial charge in [-0.25, -0.2) is 4.98 Å². The summed E-state index contributed by atoms with van der Waals surface area (Å²) < 4.78 is 0.960. The van der Waals surface area contributed by atoms with Crippen LogP contribution in [0.3, 0.4) is 0 Å². The number of aromatic amines is 1. The van der Waals surface area contributed by atoms with E-state index in [1.807, 2.05) is 48.5 Å². The second-order valence-electron chi connectivity index (χ2n) is 6.98. The minimum Gasteiger partial charge on any atom is -0.356 e. The highest BCUT2D eigenvalue weighted by Crippen LogP contribution is 2.26. The number of nitrogens with one attached hydrogen (secondary N) is 2. The van der Waals surface area contributed by atoms with Crippen LogP contribution in [0.2, 0.25) is 0 Å². The van der Waals surface area contributed by atoms with Crippen LogP contribution >= 0.6 is 15.9 Å². The SMILES string of the molecule is O=C(NCCCc1nc2ccccc2[nH]1)[C@@H]1CC(=O)N(c2ccc(Br)cc2)C1. The Labute approximate surface area is 171 Å². The Kier molecular flexibility index (Phi) is 5.43. The fraction of sp³-hybridized carbons (Fsp3) is 0.286. The van der Waals surface area contributed by atoms with Crippen LogP contribution in [0.25, 0.3) is 11.0 Å². The number of hydrogen-bond donors (Lipinski definition) is 2. The number of para-hydroxylation sites is 2. The average Bonchev–Trinajstić information content (AvgIpc) is 3.29. The van der Waals surface area contributed by atoms with Gasteiger partial charge in [-0.1, -0.05) is 28.1 Å². The highest BCUT2D eigenvalue weighted by molar-refractivity contribution is 9.10. The van der Waals surface area contributed by atoms with Gasteiger partial charge in [-0.15, -0.1) is 0 Å². The van der Waals surface area contributed by atoms with Crippen LogP contribution in [-0.2, 0) is 16.0 Å². The third kappa shape index (κ3) is 4.09. The van der Waals surface area contributed by atoms with E-state index in [-0.39, 0.29) is 24.2 Å². The molecule has 1 aliphatic heterocycles. The van der Waals surface area contributed by atoms with Gasteiger partial charge in [0, 0.05) is 36.1 Å². The van der Waals surface area contributed by atoms with Crippen molar-refractivity contribution in [1.82, 2.24) is 15.3 Å². The molecule has 2 heterocycles. The Bertz CT molecular complexity index is 966. The molecule has 0 unspecified atom stereocenters. The Morgan fingerprint density at radius 1 is 1.21 bits per heavy atom. The zero-order valence-electron chi connectivity index (χ0n) is 15.3. The van der Waals surface area contributed by atoms with Crippen LogP contribution in [0.5, 0.6) is 0 Å². The number of amides is 2. The van der Waals surface area contributed by atoms with Crippen molar-refractivity contribution < 1.29 is 9.59 Å². The molecule has 0 bridgehead atoms. The smallest absolute Gasteiger partial charge is 0.227 e. The van der Waals surface area contributed by atoms with Gasteiger partial charge in [-0.05, 0) is 42.8 Å². The summed E-state index contributed by atoms with van der Waals surface area (Å²) in [6, 6.07) is 15.5. The first kappa shape index (κ1) is 18.7. The third-order valence-corrected chi connectivity index (χ3v) is 5.49. The zero-order valence-corrected chi connectivity index (χ0v) is 16.9. The molecule has 2 amide bonds. The minimum atomic E-state index is -0.303. The molecule has 6 nitrogen and oxygen atoms in total. The lowest BCUT2D eigenvalue weighted by Gasteiger charge is -2.16. The number of hydrogen-bond acceptors (Lipinski definition) is 3. The van der Waals surface area contributed by atoms with Crippen molar-refractivity contribution in [1.29, 1.82) is 0 Å². The molecule has 0 radical (unpaired) electrons. The van der Waals surface area contributed by atoms with Gasteiger partial charge in [0.1, 0.15) is 5.82 Å².